The van der Waals surface area contributed by atoms with E-state index in [1.165, 1.54) is 32.1 Å². The van der Waals surface area contributed by atoms with E-state index in [4.69, 9.17) is 0 Å². The first-order valence-electron chi connectivity index (χ1n) is 9.44. The van der Waals surface area contributed by atoms with E-state index in [9.17, 15) is 4.79 Å². The molecular weight excluding hydrogens is 312 g/mol. The molecule has 2 heterocycles. The highest BCUT2D eigenvalue weighted by molar-refractivity contribution is 5.95. The molecule has 1 aliphatic carbocycles. The third-order valence-corrected chi connectivity index (χ3v) is 5.63. The fourth-order valence-corrected chi connectivity index (χ4v) is 4.16. The van der Waals surface area contributed by atoms with Crippen molar-refractivity contribution in [2.24, 2.45) is 0 Å². The van der Waals surface area contributed by atoms with E-state index in [0.717, 1.165) is 48.9 Å². The lowest BCUT2D eigenvalue weighted by Gasteiger charge is -2.40. The predicted molar refractivity (Wildman–Crippen MR) is 98.4 cm³/mol. The number of rotatable bonds is 3. The molecule has 5 heteroatoms. The first-order chi connectivity index (χ1) is 12.3. The Morgan fingerprint density at radius 3 is 2.56 bits per heavy atom. The van der Waals surface area contributed by atoms with Gasteiger partial charge < -0.3 is 4.90 Å². The zero-order valence-corrected chi connectivity index (χ0v) is 14.7. The van der Waals surface area contributed by atoms with Crippen LogP contribution in [0, 0.1) is 0 Å². The van der Waals surface area contributed by atoms with Crippen molar-refractivity contribution >= 4 is 5.91 Å². The summed E-state index contributed by atoms with van der Waals surface area (Å²) in [6, 6.07) is 8.60. The summed E-state index contributed by atoms with van der Waals surface area (Å²) in [5, 5.41) is 6.82. The van der Waals surface area contributed by atoms with E-state index >= 15 is 0 Å². The van der Waals surface area contributed by atoms with Crippen molar-refractivity contribution in [3.63, 3.8) is 0 Å². The van der Waals surface area contributed by atoms with Gasteiger partial charge in [0.1, 0.15) is 0 Å². The Kier molecular flexibility index (Phi) is 4.83. The number of benzene rings is 1. The molecule has 25 heavy (non-hydrogen) atoms. The second kappa shape index (κ2) is 7.40. The van der Waals surface area contributed by atoms with Crippen LogP contribution < -0.4 is 0 Å². The van der Waals surface area contributed by atoms with E-state index in [1.807, 2.05) is 35.4 Å². The minimum absolute atomic E-state index is 0.147. The second-order valence-electron chi connectivity index (χ2n) is 7.19. The zero-order chi connectivity index (χ0) is 17.1. The number of H-pyrrole nitrogens is 1. The molecule has 0 spiro atoms. The lowest BCUT2D eigenvalue weighted by molar-refractivity contribution is 0.0523. The third-order valence-electron chi connectivity index (χ3n) is 5.63. The Hall–Kier alpha value is -2.14. The van der Waals surface area contributed by atoms with Crippen LogP contribution in [0.5, 0.6) is 0 Å². The number of hydrogen-bond donors (Lipinski definition) is 1. The molecule has 5 nitrogen and oxygen atoms in total. The Labute approximate surface area is 149 Å². The van der Waals surface area contributed by atoms with E-state index < -0.39 is 0 Å². The second-order valence-corrected chi connectivity index (χ2v) is 7.19. The normalized spacial score (nSPS) is 19.9. The topological polar surface area (TPSA) is 52.2 Å². The molecule has 2 aliphatic rings. The SMILES string of the molecule is O=C(c1cccc(-c2cn[nH]c2)c1)N1CCN(C2CCCCC2)CC1. The van der Waals surface area contributed by atoms with Gasteiger partial charge in [-0.25, -0.2) is 0 Å². The number of nitrogens with one attached hydrogen (secondary N) is 1. The molecule has 1 N–H and O–H groups in total. The maximum absolute atomic E-state index is 12.9. The quantitative estimate of drug-likeness (QED) is 0.935. The van der Waals surface area contributed by atoms with E-state index in [-0.39, 0.29) is 5.91 Å². The average Bonchev–Trinajstić information content (AvgIpc) is 3.23. The molecule has 1 saturated carbocycles. The van der Waals surface area contributed by atoms with Crippen LogP contribution in [0.25, 0.3) is 11.1 Å². The monoisotopic (exact) mass is 338 g/mol. The number of hydrogen-bond acceptors (Lipinski definition) is 3. The van der Waals surface area contributed by atoms with E-state index in [2.05, 4.69) is 15.1 Å². The summed E-state index contributed by atoms with van der Waals surface area (Å²) in [6.07, 6.45) is 10.4. The lowest BCUT2D eigenvalue weighted by Crippen LogP contribution is -2.52. The molecule has 132 valence electrons. The van der Waals surface area contributed by atoms with Gasteiger partial charge in [0.15, 0.2) is 0 Å². The van der Waals surface area contributed by atoms with Crippen LogP contribution in [0.2, 0.25) is 0 Å². The van der Waals surface area contributed by atoms with Crippen LogP contribution in [0.3, 0.4) is 0 Å². The van der Waals surface area contributed by atoms with Crippen LogP contribution in [0.15, 0.2) is 36.7 Å². The fourth-order valence-electron chi connectivity index (χ4n) is 4.16. The number of amides is 1. The minimum Gasteiger partial charge on any atom is -0.336 e. The van der Waals surface area contributed by atoms with Crippen LogP contribution in [-0.2, 0) is 0 Å². The summed E-state index contributed by atoms with van der Waals surface area (Å²) in [5.41, 5.74) is 2.81. The van der Waals surface area contributed by atoms with Gasteiger partial charge in [0.05, 0.1) is 6.20 Å². The molecule has 1 aromatic carbocycles. The van der Waals surface area contributed by atoms with Crippen molar-refractivity contribution in [2.75, 3.05) is 26.2 Å². The molecule has 0 unspecified atom stereocenters. The Balaban J connectivity index is 1.40. The van der Waals surface area contributed by atoms with E-state index in [1.54, 1.807) is 6.20 Å². The summed E-state index contributed by atoms with van der Waals surface area (Å²) >= 11 is 0. The summed E-state index contributed by atoms with van der Waals surface area (Å²) in [4.78, 5) is 17.5. The van der Waals surface area contributed by atoms with Crippen molar-refractivity contribution in [2.45, 2.75) is 38.1 Å². The molecule has 0 atom stereocenters. The summed E-state index contributed by atoms with van der Waals surface area (Å²) < 4.78 is 0. The van der Waals surface area contributed by atoms with Gasteiger partial charge in [-0.1, -0.05) is 31.4 Å². The molecule has 1 aromatic heterocycles. The Bertz CT molecular complexity index is 698. The number of piperazine rings is 1. The van der Waals surface area contributed by atoms with Gasteiger partial charge in [0.25, 0.3) is 5.91 Å². The van der Waals surface area contributed by atoms with Gasteiger partial charge >= 0.3 is 0 Å². The standard InChI is InChI=1S/C20H26N4O/c25-20(17-6-4-5-16(13-17)18-14-21-22-15-18)24-11-9-23(10-12-24)19-7-2-1-3-8-19/h4-6,13-15,19H,1-3,7-12H2,(H,21,22). The molecule has 1 amide bonds. The molecule has 2 fully saturated rings. The van der Waals surface area contributed by atoms with Gasteiger partial charge in [-0.15, -0.1) is 0 Å². The number of carbonyl (C=O) groups excluding carboxylic acids is 1. The molecule has 4 rings (SSSR count). The maximum atomic E-state index is 12.9. The first-order valence-corrected chi connectivity index (χ1v) is 9.44. The molecule has 1 aliphatic heterocycles. The molecule has 0 radical (unpaired) electrons. The largest absolute Gasteiger partial charge is 0.336 e. The van der Waals surface area contributed by atoms with Crippen molar-refractivity contribution in [3.05, 3.63) is 42.2 Å². The highest BCUT2D eigenvalue weighted by atomic mass is 16.2. The summed E-state index contributed by atoms with van der Waals surface area (Å²) in [5.74, 6) is 0.147. The Morgan fingerprint density at radius 1 is 1.04 bits per heavy atom. The van der Waals surface area contributed by atoms with Gasteiger partial charge in [-0.3, -0.25) is 14.8 Å². The van der Waals surface area contributed by atoms with Gasteiger partial charge in [0.2, 0.25) is 0 Å². The average molecular weight is 338 g/mol. The van der Waals surface area contributed by atoms with Crippen molar-refractivity contribution in [3.8, 4) is 11.1 Å². The predicted octanol–water partition coefficient (Wildman–Crippen LogP) is 3.17. The van der Waals surface area contributed by atoms with Crippen molar-refractivity contribution < 1.29 is 4.79 Å². The zero-order valence-electron chi connectivity index (χ0n) is 14.7. The highest BCUT2D eigenvalue weighted by Crippen LogP contribution is 2.24. The molecule has 0 bridgehead atoms. The fraction of sp³-hybridized carbons (Fsp3) is 0.500. The maximum Gasteiger partial charge on any atom is 0.253 e. The molecular formula is C20H26N4O. The van der Waals surface area contributed by atoms with Crippen LogP contribution >= 0.6 is 0 Å². The number of aromatic nitrogens is 2. The van der Waals surface area contributed by atoms with E-state index in [0.29, 0.717) is 0 Å². The van der Waals surface area contributed by atoms with Gasteiger partial charge in [-0.05, 0) is 30.5 Å². The minimum atomic E-state index is 0.147. The molecule has 2 aromatic rings. The van der Waals surface area contributed by atoms with Crippen molar-refractivity contribution in [1.29, 1.82) is 0 Å². The highest BCUT2D eigenvalue weighted by Gasteiger charge is 2.27. The lowest BCUT2D eigenvalue weighted by atomic mass is 9.94. The first kappa shape index (κ1) is 16.3. The van der Waals surface area contributed by atoms with Crippen LogP contribution in [-0.4, -0.2) is 58.1 Å². The number of carbonyl (C=O) groups is 1. The smallest absolute Gasteiger partial charge is 0.253 e. The van der Waals surface area contributed by atoms with Gasteiger partial charge in [-0.2, -0.15) is 5.10 Å². The third kappa shape index (κ3) is 3.61. The number of nitrogens with zero attached hydrogens (tertiary/aromatic N) is 3. The molecule has 1 saturated heterocycles. The van der Waals surface area contributed by atoms with Crippen LogP contribution in [0.4, 0.5) is 0 Å². The summed E-state index contributed by atoms with van der Waals surface area (Å²) in [6.45, 7) is 3.70. The number of aromatic amines is 1. The van der Waals surface area contributed by atoms with Crippen LogP contribution in [0.1, 0.15) is 42.5 Å². The van der Waals surface area contributed by atoms with Crippen molar-refractivity contribution in [1.82, 2.24) is 20.0 Å². The summed E-state index contributed by atoms with van der Waals surface area (Å²) in [7, 11) is 0. The van der Waals surface area contributed by atoms with Gasteiger partial charge in [0, 0.05) is 49.5 Å². The Morgan fingerprint density at radius 2 is 1.84 bits per heavy atom.